The zero-order valence-electron chi connectivity index (χ0n) is 9.58. The number of nitrogens with two attached hydrogens (primary N) is 1. The van der Waals surface area contributed by atoms with Gasteiger partial charge in [0.05, 0.1) is 6.10 Å². The van der Waals surface area contributed by atoms with E-state index < -0.39 is 0 Å². The van der Waals surface area contributed by atoms with Crippen LogP contribution in [0, 0.1) is 6.92 Å². The molecular weight excluding hydrogens is 222 g/mol. The Morgan fingerprint density at radius 1 is 1.25 bits per heavy atom. The van der Waals surface area contributed by atoms with Gasteiger partial charge in [-0.2, -0.15) is 0 Å². The van der Waals surface area contributed by atoms with Gasteiger partial charge in [0.15, 0.2) is 0 Å². The standard InChI is InChI=1S/C13H18ClNO/c1-9-8-10(14)2-7-13(9)16-12-5-3-11(15)4-6-12/h2,7-8,11-12H,3-6,15H2,1H3. The first-order chi connectivity index (χ1) is 7.65. The molecule has 1 aromatic rings. The SMILES string of the molecule is Cc1cc(Cl)ccc1OC1CCC(N)CC1. The Morgan fingerprint density at radius 3 is 2.56 bits per heavy atom. The van der Waals surface area contributed by atoms with E-state index in [0.29, 0.717) is 12.1 Å². The van der Waals surface area contributed by atoms with Crippen LogP contribution in [-0.4, -0.2) is 12.1 Å². The van der Waals surface area contributed by atoms with E-state index in [9.17, 15) is 0 Å². The molecule has 1 saturated carbocycles. The predicted molar refractivity (Wildman–Crippen MR) is 67.0 cm³/mol. The second kappa shape index (κ2) is 5.07. The number of halogens is 1. The van der Waals surface area contributed by atoms with Crippen LogP contribution in [0.4, 0.5) is 0 Å². The van der Waals surface area contributed by atoms with Crippen LogP contribution in [-0.2, 0) is 0 Å². The Kier molecular flexibility index (Phi) is 3.72. The molecule has 0 radical (unpaired) electrons. The number of benzene rings is 1. The molecule has 1 fully saturated rings. The molecule has 1 aliphatic rings. The minimum atomic E-state index is 0.319. The molecule has 0 heterocycles. The molecule has 2 nitrogen and oxygen atoms in total. The van der Waals surface area contributed by atoms with Gasteiger partial charge in [0.1, 0.15) is 5.75 Å². The Bertz CT molecular complexity index is 359. The van der Waals surface area contributed by atoms with Gasteiger partial charge in [-0.25, -0.2) is 0 Å². The highest BCUT2D eigenvalue weighted by atomic mass is 35.5. The molecule has 0 unspecified atom stereocenters. The van der Waals surface area contributed by atoms with E-state index in [-0.39, 0.29) is 0 Å². The molecule has 1 aromatic carbocycles. The fraction of sp³-hybridized carbons (Fsp3) is 0.538. The molecule has 0 saturated heterocycles. The summed E-state index contributed by atoms with van der Waals surface area (Å²) in [7, 11) is 0. The predicted octanol–water partition coefficient (Wildman–Crippen LogP) is 3.30. The van der Waals surface area contributed by atoms with Crippen molar-refractivity contribution in [2.75, 3.05) is 0 Å². The third-order valence-corrected chi connectivity index (χ3v) is 3.38. The molecule has 1 aliphatic carbocycles. The van der Waals surface area contributed by atoms with Crippen LogP contribution in [0.1, 0.15) is 31.2 Å². The maximum absolute atomic E-state index is 5.98. The van der Waals surface area contributed by atoms with Crippen molar-refractivity contribution in [3.8, 4) is 5.75 Å². The van der Waals surface area contributed by atoms with Crippen LogP contribution >= 0.6 is 11.6 Å². The van der Waals surface area contributed by atoms with Crippen LogP contribution in [0.15, 0.2) is 18.2 Å². The van der Waals surface area contributed by atoms with Gasteiger partial charge in [0, 0.05) is 11.1 Å². The molecule has 0 aliphatic heterocycles. The smallest absolute Gasteiger partial charge is 0.122 e. The summed E-state index contributed by atoms with van der Waals surface area (Å²) in [5.41, 5.74) is 6.97. The normalized spacial score (nSPS) is 25.4. The maximum atomic E-state index is 5.98. The van der Waals surface area contributed by atoms with Crippen molar-refractivity contribution >= 4 is 11.6 Å². The van der Waals surface area contributed by atoms with E-state index in [4.69, 9.17) is 22.1 Å². The fourth-order valence-corrected chi connectivity index (χ4v) is 2.36. The van der Waals surface area contributed by atoms with Gasteiger partial charge in [-0.1, -0.05) is 11.6 Å². The summed E-state index contributed by atoms with van der Waals surface area (Å²) in [6, 6.07) is 6.13. The first kappa shape index (κ1) is 11.7. The Balaban J connectivity index is 1.98. The zero-order chi connectivity index (χ0) is 11.5. The highest BCUT2D eigenvalue weighted by Gasteiger charge is 2.20. The van der Waals surface area contributed by atoms with Gasteiger partial charge in [-0.15, -0.1) is 0 Å². The molecular formula is C13H18ClNO. The van der Waals surface area contributed by atoms with E-state index in [0.717, 1.165) is 42.0 Å². The van der Waals surface area contributed by atoms with Crippen LogP contribution in [0.5, 0.6) is 5.75 Å². The molecule has 0 atom stereocenters. The number of hydrogen-bond donors (Lipinski definition) is 1. The van der Waals surface area contributed by atoms with Crippen molar-refractivity contribution in [1.82, 2.24) is 0 Å². The molecule has 0 spiro atoms. The van der Waals surface area contributed by atoms with Gasteiger partial charge in [0.25, 0.3) is 0 Å². The second-order valence-electron chi connectivity index (χ2n) is 4.56. The lowest BCUT2D eigenvalue weighted by molar-refractivity contribution is 0.146. The van der Waals surface area contributed by atoms with E-state index in [1.807, 2.05) is 25.1 Å². The zero-order valence-corrected chi connectivity index (χ0v) is 10.3. The van der Waals surface area contributed by atoms with Gasteiger partial charge in [-0.3, -0.25) is 0 Å². The fourth-order valence-electron chi connectivity index (χ4n) is 2.13. The molecule has 2 N–H and O–H groups in total. The largest absolute Gasteiger partial charge is 0.490 e. The Morgan fingerprint density at radius 2 is 1.94 bits per heavy atom. The summed E-state index contributed by atoms with van der Waals surface area (Å²) in [6.07, 6.45) is 4.57. The quantitative estimate of drug-likeness (QED) is 0.860. The average Bonchev–Trinajstić information content (AvgIpc) is 2.25. The van der Waals surface area contributed by atoms with E-state index in [2.05, 4.69) is 0 Å². The molecule has 2 rings (SSSR count). The number of hydrogen-bond acceptors (Lipinski definition) is 2. The molecule has 0 aromatic heterocycles. The van der Waals surface area contributed by atoms with E-state index >= 15 is 0 Å². The lowest BCUT2D eigenvalue weighted by Gasteiger charge is -2.27. The Labute approximate surface area is 102 Å². The maximum Gasteiger partial charge on any atom is 0.122 e. The van der Waals surface area contributed by atoms with Gasteiger partial charge >= 0.3 is 0 Å². The Hall–Kier alpha value is -0.730. The summed E-state index contributed by atoms with van der Waals surface area (Å²) in [5.74, 6) is 0.949. The van der Waals surface area contributed by atoms with Crippen LogP contribution in [0.3, 0.4) is 0 Å². The summed E-state index contributed by atoms with van der Waals surface area (Å²) in [5, 5.41) is 0.760. The topological polar surface area (TPSA) is 35.2 Å². The summed E-state index contributed by atoms with van der Waals surface area (Å²) >= 11 is 5.91. The van der Waals surface area contributed by atoms with Crippen molar-refractivity contribution in [3.05, 3.63) is 28.8 Å². The minimum Gasteiger partial charge on any atom is -0.490 e. The number of rotatable bonds is 2. The van der Waals surface area contributed by atoms with Crippen LogP contribution in [0.2, 0.25) is 5.02 Å². The van der Waals surface area contributed by atoms with Gasteiger partial charge in [-0.05, 0) is 56.4 Å². The first-order valence-corrected chi connectivity index (χ1v) is 6.21. The van der Waals surface area contributed by atoms with E-state index in [1.165, 1.54) is 0 Å². The first-order valence-electron chi connectivity index (χ1n) is 5.83. The van der Waals surface area contributed by atoms with Crippen LogP contribution in [0.25, 0.3) is 0 Å². The molecule has 0 amide bonds. The number of aryl methyl sites for hydroxylation is 1. The summed E-state index contributed by atoms with van der Waals surface area (Å²) in [4.78, 5) is 0. The van der Waals surface area contributed by atoms with Crippen molar-refractivity contribution in [2.24, 2.45) is 5.73 Å². The summed E-state index contributed by atoms with van der Waals surface area (Å²) < 4.78 is 5.98. The average molecular weight is 240 g/mol. The molecule has 16 heavy (non-hydrogen) atoms. The van der Waals surface area contributed by atoms with Crippen molar-refractivity contribution in [2.45, 2.75) is 44.8 Å². The van der Waals surface area contributed by atoms with E-state index in [1.54, 1.807) is 0 Å². The third-order valence-electron chi connectivity index (χ3n) is 3.15. The van der Waals surface area contributed by atoms with Gasteiger partial charge < -0.3 is 10.5 Å². The van der Waals surface area contributed by atoms with Crippen LogP contribution < -0.4 is 10.5 Å². The molecule has 3 heteroatoms. The molecule has 88 valence electrons. The van der Waals surface area contributed by atoms with Crippen molar-refractivity contribution < 1.29 is 4.74 Å². The summed E-state index contributed by atoms with van der Waals surface area (Å²) in [6.45, 7) is 2.02. The highest BCUT2D eigenvalue weighted by Crippen LogP contribution is 2.27. The lowest BCUT2D eigenvalue weighted by atomic mass is 9.93. The second-order valence-corrected chi connectivity index (χ2v) is 5.00. The van der Waals surface area contributed by atoms with Gasteiger partial charge in [0.2, 0.25) is 0 Å². The minimum absolute atomic E-state index is 0.319. The number of ether oxygens (including phenoxy) is 1. The lowest BCUT2D eigenvalue weighted by Crippen LogP contribution is -2.31. The highest BCUT2D eigenvalue weighted by molar-refractivity contribution is 6.30. The third kappa shape index (κ3) is 2.89. The van der Waals surface area contributed by atoms with Crippen molar-refractivity contribution in [3.63, 3.8) is 0 Å². The molecule has 0 bridgehead atoms. The monoisotopic (exact) mass is 239 g/mol. The van der Waals surface area contributed by atoms with Crippen molar-refractivity contribution in [1.29, 1.82) is 0 Å².